The fourth-order valence-electron chi connectivity index (χ4n) is 1.64. The van der Waals surface area contributed by atoms with Crippen LogP contribution in [0.4, 0.5) is 22.0 Å². The van der Waals surface area contributed by atoms with Gasteiger partial charge in [-0.2, -0.15) is 22.0 Å². The summed E-state index contributed by atoms with van der Waals surface area (Å²) in [5.74, 6) is -4.76. The van der Waals surface area contributed by atoms with Crippen molar-refractivity contribution in [2.45, 2.75) is 18.5 Å². The largest absolute Gasteiger partial charge is 0.453 e. The van der Waals surface area contributed by atoms with Gasteiger partial charge in [0.2, 0.25) is 0 Å². The number of nitrogens with one attached hydrogen (secondary N) is 1. The van der Waals surface area contributed by atoms with Crippen molar-refractivity contribution in [3.05, 3.63) is 35.0 Å². The summed E-state index contributed by atoms with van der Waals surface area (Å²) in [4.78, 5) is 2.63. The minimum Gasteiger partial charge on any atom is -0.361 e. The molecule has 0 amide bonds. The summed E-state index contributed by atoms with van der Waals surface area (Å²) in [5.41, 5.74) is 0.349. The molecule has 1 aromatic carbocycles. The van der Waals surface area contributed by atoms with Crippen molar-refractivity contribution in [3.63, 3.8) is 0 Å². The molecule has 1 nitrogen and oxygen atoms in total. The van der Waals surface area contributed by atoms with Crippen LogP contribution in [-0.2, 0) is 6.42 Å². The maximum absolute atomic E-state index is 13.0. The first-order valence-electron chi connectivity index (χ1n) is 4.91. The molecule has 0 aliphatic carbocycles. The first-order chi connectivity index (χ1) is 8.21. The standard InChI is InChI=1S/C11H7ClF5N/c12-7-1-2-9-8(3-7)6(5-18-9)4-10(13,14)11(15,16)17/h1-3,5,18H,4H2. The lowest BCUT2D eigenvalue weighted by Crippen LogP contribution is -2.38. The van der Waals surface area contributed by atoms with Gasteiger partial charge in [-0.3, -0.25) is 0 Å². The number of benzene rings is 1. The van der Waals surface area contributed by atoms with Crippen LogP contribution in [0.25, 0.3) is 10.9 Å². The molecule has 0 bridgehead atoms. The van der Waals surface area contributed by atoms with Crippen LogP contribution < -0.4 is 0 Å². The van der Waals surface area contributed by atoms with Crippen LogP contribution >= 0.6 is 11.6 Å². The maximum atomic E-state index is 13.0. The Hall–Kier alpha value is -1.30. The van der Waals surface area contributed by atoms with E-state index >= 15 is 0 Å². The number of aromatic amines is 1. The van der Waals surface area contributed by atoms with Gasteiger partial charge in [0.25, 0.3) is 0 Å². The molecular formula is C11H7ClF5N. The highest BCUT2D eigenvalue weighted by atomic mass is 35.5. The van der Waals surface area contributed by atoms with Crippen molar-refractivity contribution >= 4 is 22.5 Å². The van der Waals surface area contributed by atoms with Gasteiger partial charge in [-0.25, -0.2) is 0 Å². The van der Waals surface area contributed by atoms with E-state index in [2.05, 4.69) is 4.98 Å². The molecule has 7 heteroatoms. The number of hydrogen-bond acceptors (Lipinski definition) is 0. The Morgan fingerprint density at radius 2 is 1.78 bits per heavy atom. The second-order valence-corrected chi connectivity index (χ2v) is 4.32. The van der Waals surface area contributed by atoms with E-state index in [1.807, 2.05) is 0 Å². The van der Waals surface area contributed by atoms with Crippen LogP contribution in [0, 0.1) is 0 Å². The molecule has 0 spiro atoms. The van der Waals surface area contributed by atoms with Crippen LogP contribution in [-0.4, -0.2) is 17.1 Å². The van der Waals surface area contributed by atoms with Crippen LogP contribution in [0.3, 0.4) is 0 Å². The summed E-state index contributed by atoms with van der Waals surface area (Å²) < 4.78 is 62.3. The Morgan fingerprint density at radius 3 is 2.39 bits per heavy atom. The third kappa shape index (κ3) is 2.29. The highest BCUT2D eigenvalue weighted by Crippen LogP contribution is 2.39. The lowest BCUT2D eigenvalue weighted by atomic mass is 10.1. The minimum absolute atomic E-state index is 0.116. The molecule has 2 aromatic rings. The quantitative estimate of drug-likeness (QED) is 0.778. The van der Waals surface area contributed by atoms with Crippen LogP contribution in [0.15, 0.2) is 24.4 Å². The van der Waals surface area contributed by atoms with Gasteiger partial charge in [-0.15, -0.1) is 0 Å². The van der Waals surface area contributed by atoms with Crippen LogP contribution in [0.1, 0.15) is 5.56 Å². The third-order valence-electron chi connectivity index (χ3n) is 2.56. The average Bonchev–Trinajstić information content (AvgIpc) is 2.59. The first-order valence-corrected chi connectivity index (χ1v) is 5.28. The summed E-state index contributed by atoms with van der Waals surface area (Å²) in [6, 6.07) is 4.40. The van der Waals surface area contributed by atoms with E-state index in [1.165, 1.54) is 18.2 Å². The maximum Gasteiger partial charge on any atom is 0.453 e. The van der Waals surface area contributed by atoms with E-state index in [0.29, 0.717) is 5.52 Å². The fraction of sp³-hybridized carbons (Fsp3) is 0.273. The van der Waals surface area contributed by atoms with Crippen molar-refractivity contribution in [2.24, 2.45) is 0 Å². The molecule has 0 unspecified atom stereocenters. The number of H-pyrrole nitrogens is 1. The van der Waals surface area contributed by atoms with Crippen LogP contribution in [0.5, 0.6) is 0 Å². The minimum atomic E-state index is -5.56. The van der Waals surface area contributed by atoms with E-state index in [1.54, 1.807) is 0 Å². The molecule has 0 fully saturated rings. The lowest BCUT2D eigenvalue weighted by Gasteiger charge is -2.19. The molecule has 0 aliphatic heterocycles. The van der Waals surface area contributed by atoms with Gasteiger partial charge >= 0.3 is 12.1 Å². The van der Waals surface area contributed by atoms with Crippen molar-refractivity contribution in [2.75, 3.05) is 0 Å². The molecule has 98 valence electrons. The van der Waals surface area contributed by atoms with Gasteiger partial charge in [0.15, 0.2) is 0 Å². The van der Waals surface area contributed by atoms with E-state index in [0.717, 1.165) is 6.20 Å². The number of halogens is 6. The molecule has 0 radical (unpaired) electrons. The van der Waals surface area contributed by atoms with Gasteiger partial charge in [0.05, 0.1) is 0 Å². The van der Waals surface area contributed by atoms with E-state index in [9.17, 15) is 22.0 Å². The summed E-state index contributed by atoms with van der Waals surface area (Å²) in [6.45, 7) is 0. The van der Waals surface area contributed by atoms with Crippen LogP contribution in [0.2, 0.25) is 5.02 Å². The SMILES string of the molecule is FC(F)(F)C(F)(F)Cc1c[nH]c2ccc(Cl)cc12. The number of rotatable bonds is 2. The average molecular weight is 284 g/mol. The molecule has 1 N–H and O–H groups in total. The van der Waals surface area contributed by atoms with Gasteiger partial charge in [-0.1, -0.05) is 11.6 Å². The molecular weight excluding hydrogens is 277 g/mol. The number of hydrogen-bond donors (Lipinski definition) is 1. The Balaban J connectivity index is 2.41. The van der Waals surface area contributed by atoms with Gasteiger partial charge < -0.3 is 4.98 Å². The predicted molar refractivity (Wildman–Crippen MR) is 58.0 cm³/mol. The Morgan fingerprint density at radius 1 is 1.11 bits per heavy atom. The van der Waals surface area contributed by atoms with Crippen molar-refractivity contribution < 1.29 is 22.0 Å². The zero-order valence-corrected chi connectivity index (χ0v) is 9.54. The topological polar surface area (TPSA) is 15.8 Å². The summed E-state index contributed by atoms with van der Waals surface area (Å²) >= 11 is 5.69. The summed E-state index contributed by atoms with van der Waals surface area (Å²) in [6.07, 6.45) is -5.83. The normalized spacial score (nSPS) is 13.2. The van der Waals surface area contributed by atoms with E-state index in [-0.39, 0.29) is 16.0 Å². The first kappa shape index (κ1) is 13.1. The molecule has 18 heavy (non-hydrogen) atoms. The molecule has 0 saturated heterocycles. The number of alkyl halides is 5. The molecule has 0 aliphatic rings. The highest BCUT2D eigenvalue weighted by molar-refractivity contribution is 6.31. The summed E-state index contributed by atoms with van der Waals surface area (Å²) in [5, 5.41) is 0.546. The monoisotopic (exact) mass is 283 g/mol. The van der Waals surface area contributed by atoms with Gasteiger partial charge in [0.1, 0.15) is 0 Å². The van der Waals surface area contributed by atoms with Gasteiger partial charge in [-0.05, 0) is 23.8 Å². The fourth-order valence-corrected chi connectivity index (χ4v) is 1.81. The second kappa shape index (κ2) is 4.12. The zero-order chi connectivity index (χ0) is 13.6. The molecule has 1 aromatic heterocycles. The summed E-state index contributed by atoms with van der Waals surface area (Å²) in [7, 11) is 0. The van der Waals surface area contributed by atoms with Crippen molar-refractivity contribution in [1.29, 1.82) is 0 Å². The number of aromatic nitrogens is 1. The molecule has 2 rings (SSSR count). The van der Waals surface area contributed by atoms with E-state index in [4.69, 9.17) is 11.6 Å². The Kier molecular flexibility index (Phi) is 3.01. The van der Waals surface area contributed by atoms with Gasteiger partial charge in [0, 0.05) is 28.5 Å². The lowest BCUT2D eigenvalue weighted by molar-refractivity contribution is -0.281. The predicted octanol–water partition coefficient (Wildman–Crippen LogP) is 4.56. The Labute approximate surface area is 104 Å². The molecule has 1 heterocycles. The zero-order valence-electron chi connectivity index (χ0n) is 8.78. The molecule has 0 atom stereocenters. The van der Waals surface area contributed by atoms with Crippen molar-refractivity contribution in [1.82, 2.24) is 4.98 Å². The number of fused-ring (bicyclic) bond motifs is 1. The third-order valence-corrected chi connectivity index (χ3v) is 2.79. The molecule has 0 saturated carbocycles. The van der Waals surface area contributed by atoms with Crippen molar-refractivity contribution in [3.8, 4) is 0 Å². The Bertz CT molecular complexity index is 572. The smallest absolute Gasteiger partial charge is 0.361 e. The second-order valence-electron chi connectivity index (χ2n) is 3.88. The van der Waals surface area contributed by atoms with E-state index < -0.39 is 18.5 Å². The highest BCUT2D eigenvalue weighted by Gasteiger charge is 2.57.